The van der Waals surface area contributed by atoms with Gasteiger partial charge < -0.3 is 15.4 Å². The molecule has 0 bridgehead atoms. The predicted molar refractivity (Wildman–Crippen MR) is 83.7 cm³/mol. The van der Waals surface area contributed by atoms with E-state index in [1.54, 1.807) is 6.20 Å². The second-order valence-electron chi connectivity index (χ2n) is 5.47. The second kappa shape index (κ2) is 5.99. The molecule has 0 saturated heterocycles. The van der Waals surface area contributed by atoms with E-state index < -0.39 is 0 Å². The monoisotopic (exact) mass is 284 g/mol. The quantitative estimate of drug-likeness (QED) is 0.818. The van der Waals surface area contributed by atoms with Crippen LogP contribution in [0.2, 0.25) is 0 Å². The Hall–Kier alpha value is -2.30. The number of nitrogens with zero attached hydrogens (tertiary/aromatic N) is 2. The van der Waals surface area contributed by atoms with Crippen LogP contribution in [-0.2, 0) is 0 Å². The molecule has 110 valence electrons. The molecule has 5 nitrogen and oxygen atoms in total. The number of rotatable bonds is 7. The summed E-state index contributed by atoms with van der Waals surface area (Å²) in [5.74, 6) is 2.41. The van der Waals surface area contributed by atoms with E-state index in [0.29, 0.717) is 5.95 Å². The number of benzene rings is 1. The van der Waals surface area contributed by atoms with Gasteiger partial charge in [-0.05, 0) is 31.0 Å². The maximum Gasteiger partial charge on any atom is 0.224 e. The molecular weight excluding hydrogens is 264 g/mol. The van der Waals surface area contributed by atoms with Gasteiger partial charge in [0.15, 0.2) is 0 Å². The average molecular weight is 284 g/mol. The molecule has 2 aromatic rings. The SMILES string of the molecule is CNc1ccnc(NCC2(COc3ccccc3)CC2)n1. The molecule has 0 radical (unpaired) electrons. The zero-order chi connectivity index (χ0) is 14.5. The van der Waals surface area contributed by atoms with Crippen molar-refractivity contribution in [1.29, 1.82) is 0 Å². The normalized spacial score (nSPS) is 15.3. The lowest BCUT2D eigenvalue weighted by Gasteiger charge is -2.17. The van der Waals surface area contributed by atoms with Gasteiger partial charge in [-0.1, -0.05) is 18.2 Å². The Labute approximate surface area is 124 Å². The minimum atomic E-state index is 0.217. The molecular formula is C16H20N4O. The number of para-hydroxylation sites is 1. The number of aromatic nitrogens is 2. The van der Waals surface area contributed by atoms with Crippen molar-refractivity contribution >= 4 is 11.8 Å². The summed E-state index contributed by atoms with van der Waals surface area (Å²) in [5.41, 5.74) is 0.217. The van der Waals surface area contributed by atoms with E-state index in [4.69, 9.17) is 4.74 Å². The molecule has 1 saturated carbocycles. The molecule has 1 aromatic carbocycles. The van der Waals surface area contributed by atoms with Crippen LogP contribution in [0.5, 0.6) is 5.75 Å². The molecule has 21 heavy (non-hydrogen) atoms. The lowest BCUT2D eigenvalue weighted by atomic mass is 10.1. The van der Waals surface area contributed by atoms with Crippen LogP contribution in [0.3, 0.4) is 0 Å². The first-order valence-electron chi connectivity index (χ1n) is 7.22. The van der Waals surface area contributed by atoms with Gasteiger partial charge in [-0.15, -0.1) is 0 Å². The van der Waals surface area contributed by atoms with Crippen molar-refractivity contribution in [2.24, 2.45) is 5.41 Å². The number of nitrogens with one attached hydrogen (secondary N) is 2. The average Bonchev–Trinajstić information content (AvgIpc) is 3.33. The minimum Gasteiger partial charge on any atom is -0.493 e. The van der Waals surface area contributed by atoms with Gasteiger partial charge in [-0.25, -0.2) is 4.98 Å². The van der Waals surface area contributed by atoms with Crippen molar-refractivity contribution in [2.45, 2.75) is 12.8 Å². The third-order valence-electron chi connectivity index (χ3n) is 3.78. The molecule has 0 unspecified atom stereocenters. The summed E-state index contributed by atoms with van der Waals surface area (Å²) in [5, 5.41) is 6.33. The topological polar surface area (TPSA) is 59.1 Å². The molecule has 1 aliphatic carbocycles. The molecule has 1 aromatic heterocycles. The van der Waals surface area contributed by atoms with Crippen molar-refractivity contribution in [3.05, 3.63) is 42.6 Å². The summed E-state index contributed by atoms with van der Waals surface area (Å²) in [6.07, 6.45) is 4.11. The van der Waals surface area contributed by atoms with Crippen molar-refractivity contribution in [1.82, 2.24) is 9.97 Å². The highest BCUT2D eigenvalue weighted by atomic mass is 16.5. The first kappa shape index (κ1) is 13.7. The van der Waals surface area contributed by atoms with Crippen LogP contribution in [0.25, 0.3) is 0 Å². The maximum atomic E-state index is 5.87. The third-order valence-corrected chi connectivity index (χ3v) is 3.78. The number of anilines is 2. The predicted octanol–water partition coefficient (Wildman–Crippen LogP) is 2.79. The van der Waals surface area contributed by atoms with Gasteiger partial charge in [0.05, 0.1) is 6.61 Å². The van der Waals surface area contributed by atoms with Crippen LogP contribution in [0.1, 0.15) is 12.8 Å². The fourth-order valence-corrected chi connectivity index (χ4v) is 2.15. The lowest BCUT2D eigenvalue weighted by molar-refractivity contribution is 0.242. The summed E-state index contributed by atoms with van der Waals surface area (Å²) >= 11 is 0. The Morgan fingerprint density at radius 2 is 2.00 bits per heavy atom. The zero-order valence-corrected chi connectivity index (χ0v) is 12.2. The fourth-order valence-electron chi connectivity index (χ4n) is 2.15. The largest absolute Gasteiger partial charge is 0.493 e. The molecule has 3 rings (SSSR count). The van der Waals surface area contributed by atoms with Crippen molar-refractivity contribution in [3.63, 3.8) is 0 Å². The summed E-state index contributed by atoms with van der Waals surface area (Å²) in [7, 11) is 1.85. The molecule has 0 spiro atoms. The molecule has 0 amide bonds. The molecule has 1 aliphatic rings. The van der Waals surface area contributed by atoms with Crippen LogP contribution in [0, 0.1) is 5.41 Å². The van der Waals surface area contributed by atoms with Crippen LogP contribution in [0.4, 0.5) is 11.8 Å². The van der Waals surface area contributed by atoms with E-state index in [0.717, 1.165) is 24.7 Å². The standard InChI is InChI=1S/C16H20N4O/c1-17-14-7-10-18-15(20-14)19-11-16(8-9-16)12-21-13-5-3-2-4-6-13/h2-7,10H,8-9,11-12H2,1H3,(H2,17,18,19,20). The van der Waals surface area contributed by atoms with E-state index in [9.17, 15) is 0 Å². The summed E-state index contributed by atoms with van der Waals surface area (Å²) in [4.78, 5) is 8.60. The van der Waals surface area contributed by atoms with E-state index in [-0.39, 0.29) is 5.41 Å². The number of hydrogen-bond donors (Lipinski definition) is 2. The van der Waals surface area contributed by atoms with Crippen molar-refractivity contribution in [3.8, 4) is 5.75 Å². The molecule has 1 heterocycles. The van der Waals surface area contributed by atoms with Crippen LogP contribution >= 0.6 is 0 Å². The molecule has 0 aliphatic heterocycles. The number of ether oxygens (including phenoxy) is 1. The van der Waals surface area contributed by atoms with Crippen LogP contribution in [0.15, 0.2) is 42.6 Å². The Morgan fingerprint density at radius 3 is 2.71 bits per heavy atom. The highest BCUT2D eigenvalue weighted by molar-refractivity contribution is 5.39. The molecule has 2 N–H and O–H groups in total. The van der Waals surface area contributed by atoms with Gasteiger partial charge in [0, 0.05) is 25.2 Å². The van der Waals surface area contributed by atoms with Crippen molar-refractivity contribution in [2.75, 3.05) is 30.8 Å². The van der Waals surface area contributed by atoms with E-state index in [2.05, 4.69) is 20.6 Å². The Morgan fingerprint density at radius 1 is 1.19 bits per heavy atom. The Kier molecular flexibility index (Phi) is 3.90. The molecule has 1 fully saturated rings. The Bertz CT molecular complexity index is 584. The lowest BCUT2D eigenvalue weighted by Crippen LogP contribution is -2.23. The van der Waals surface area contributed by atoms with Crippen molar-refractivity contribution < 1.29 is 4.74 Å². The van der Waals surface area contributed by atoms with Gasteiger partial charge in [-0.2, -0.15) is 4.98 Å². The second-order valence-corrected chi connectivity index (χ2v) is 5.47. The van der Waals surface area contributed by atoms with Gasteiger partial charge in [0.1, 0.15) is 11.6 Å². The third kappa shape index (κ3) is 3.62. The molecule has 5 heteroatoms. The first-order valence-corrected chi connectivity index (χ1v) is 7.22. The van der Waals surface area contributed by atoms with Crippen LogP contribution in [-0.4, -0.2) is 30.2 Å². The highest BCUT2D eigenvalue weighted by Gasteiger charge is 2.43. The van der Waals surface area contributed by atoms with Gasteiger partial charge in [0.2, 0.25) is 5.95 Å². The summed E-state index contributed by atoms with van der Waals surface area (Å²) in [6.45, 7) is 1.57. The number of hydrogen-bond acceptors (Lipinski definition) is 5. The van der Waals surface area contributed by atoms with Gasteiger partial charge >= 0.3 is 0 Å². The maximum absolute atomic E-state index is 5.87. The Balaban J connectivity index is 1.52. The first-order chi connectivity index (χ1) is 10.3. The van der Waals surface area contributed by atoms with E-state index >= 15 is 0 Å². The van der Waals surface area contributed by atoms with E-state index in [1.165, 1.54) is 12.8 Å². The fraction of sp³-hybridized carbons (Fsp3) is 0.375. The summed E-state index contributed by atoms with van der Waals surface area (Å²) in [6, 6.07) is 11.8. The van der Waals surface area contributed by atoms with Crippen LogP contribution < -0.4 is 15.4 Å². The minimum absolute atomic E-state index is 0.217. The molecule has 0 atom stereocenters. The van der Waals surface area contributed by atoms with E-state index in [1.807, 2.05) is 43.4 Å². The highest BCUT2D eigenvalue weighted by Crippen LogP contribution is 2.45. The summed E-state index contributed by atoms with van der Waals surface area (Å²) < 4.78 is 5.87. The van der Waals surface area contributed by atoms with Gasteiger partial charge in [-0.3, -0.25) is 0 Å². The zero-order valence-electron chi connectivity index (χ0n) is 12.2. The smallest absolute Gasteiger partial charge is 0.224 e. The van der Waals surface area contributed by atoms with Gasteiger partial charge in [0.25, 0.3) is 0 Å².